The molecule has 1 saturated carbocycles. The zero-order chi connectivity index (χ0) is 24.0. The topological polar surface area (TPSA) is 86.8 Å². The number of carbonyl (C=O) groups is 2. The first-order valence-electron chi connectivity index (χ1n) is 11.8. The van der Waals surface area contributed by atoms with Crippen molar-refractivity contribution in [1.82, 2.24) is 4.31 Å². The molecule has 1 N–H and O–H groups in total. The van der Waals surface area contributed by atoms with E-state index in [1.807, 2.05) is 11.8 Å². The molecule has 9 heteroatoms. The highest BCUT2D eigenvalue weighted by Crippen LogP contribution is 2.40. The number of fused-ring (bicyclic) bond motifs is 1. The van der Waals surface area contributed by atoms with Gasteiger partial charge in [0, 0.05) is 47.4 Å². The van der Waals surface area contributed by atoms with E-state index in [1.54, 1.807) is 42.5 Å². The number of hydrogen-bond donors (Lipinski definition) is 1. The van der Waals surface area contributed by atoms with Gasteiger partial charge in [0.15, 0.2) is 0 Å². The summed E-state index contributed by atoms with van der Waals surface area (Å²) in [6.45, 7) is 2.58. The van der Waals surface area contributed by atoms with E-state index in [0.29, 0.717) is 30.0 Å². The minimum Gasteiger partial charge on any atom is -0.326 e. The molecule has 3 aliphatic rings. The van der Waals surface area contributed by atoms with Crippen LogP contribution < -0.4 is 10.2 Å². The second kappa shape index (κ2) is 8.98. The van der Waals surface area contributed by atoms with Crippen LogP contribution in [-0.4, -0.2) is 43.7 Å². The Balaban J connectivity index is 1.25. The summed E-state index contributed by atoms with van der Waals surface area (Å²) in [6.07, 6.45) is 3.45. The van der Waals surface area contributed by atoms with Crippen molar-refractivity contribution in [1.29, 1.82) is 0 Å². The lowest BCUT2D eigenvalue weighted by atomic mass is 9.97. The summed E-state index contributed by atoms with van der Waals surface area (Å²) in [7, 11) is -3.68. The van der Waals surface area contributed by atoms with Gasteiger partial charge in [-0.25, -0.2) is 8.42 Å². The molecule has 0 aromatic heterocycles. The average Bonchev–Trinajstić information content (AvgIpc) is 3.60. The van der Waals surface area contributed by atoms with Crippen LogP contribution in [0.1, 0.15) is 38.2 Å². The van der Waals surface area contributed by atoms with Gasteiger partial charge in [-0.15, -0.1) is 0 Å². The van der Waals surface area contributed by atoms with Gasteiger partial charge < -0.3 is 10.2 Å². The van der Waals surface area contributed by atoms with Crippen LogP contribution in [0.4, 0.5) is 11.4 Å². The van der Waals surface area contributed by atoms with Crippen LogP contribution >= 0.6 is 11.6 Å². The predicted octanol–water partition coefficient (Wildman–Crippen LogP) is 4.07. The van der Waals surface area contributed by atoms with Crippen molar-refractivity contribution in [2.45, 2.75) is 50.0 Å². The van der Waals surface area contributed by atoms with Gasteiger partial charge in [-0.05, 0) is 81.0 Å². The molecule has 1 aliphatic carbocycles. The predicted molar refractivity (Wildman–Crippen MR) is 131 cm³/mol. The number of hydrogen-bond acceptors (Lipinski definition) is 4. The average molecular weight is 502 g/mol. The fraction of sp³-hybridized carbons (Fsp3) is 0.440. The molecule has 180 valence electrons. The molecular formula is C25H28ClN3O4S. The Bertz CT molecular complexity index is 1240. The summed E-state index contributed by atoms with van der Waals surface area (Å²) in [6, 6.07) is 12.1. The van der Waals surface area contributed by atoms with Gasteiger partial charge in [0.1, 0.15) is 0 Å². The number of amides is 2. The maximum Gasteiger partial charge on any atom is 0.243 e. The summed E-state index contributed by atoms with van der Waals surface area (Å²) in [5.74, 6) is -0.103. The minimum atomic E-state index is -3.68. The van der Waals surface area contributed by atoms with E-state index in [4.69, 9.17) is 11.6 Å². The van der Waals surface area contributed by atoms with Crippen LogP contribution in [0.2, 0.25) is 5.02 Å². The Morgan fingerprint density at radius 2 is 1.74 bits per heavy atom. The second-order valence-electron chi connectivity index (χ2n) is 9.50. The zero-order valence-electron chi connectivity index (χ0n) is 19.0. The van der Waals surface area contributed by atoms with E-state index in [-0.39, 0.29) is 47.7 Å². The van der Waals surface area contributed by atoms with Crippen LogP contribution in [0.5, 0.6) is 0 Å². The van der Waals surface area contributed by atoms with Gasteiger partial charge >= 0.3 is 0 Å². The summed E-state index contributed by atoms with van der Waals surface area (Å²) >= 11 is 5.98. The van der Waals surface area contributed by atoms with Crippen molar-refractivity contribution in [3.63, 3.8) is 0 Å². The van der Waals surface area contributed by atoms with Crippen LogP contribution in [0.25, 0.3) is 0 Å². The molecular weight excluding hydrogens is 474 g/mol. The lowest BCUT2D eigenvalue weighted by Gasteiger charge is -2.30. The normalized spacial score (nSPS) is 21.4. The fourth-order valence-electron chi connectivity index (χ4n) is 4.95. The molecule has 2 aromatic carbocycles. The van der Waals surface area contributed by atoms with Crippen molar-refractivity contribution < 1.29 is 18.0 Å². The number of rotatable bonds is 5. The molecule has 34 heavy (non-hydrogen) atoms. The van der Waals surface area contributed by atoms with E-state index < -0.39 is 10.0 Å². The highest BCUT2D eigenvalue weighted by Gasteiger charge is 2.40. The van der Waals surface area contributed by atoms with Crippen molar-refractivity contribution >= 4 is 44.8 Å². The van der Waals surface area contributed by atoms with Gasteiger partial charge in [0.05, 0.1) is 4.90 Å². The van der Waals surface area contributed by atoms with Crippen molar-refractivity contribution in [2.24, 2.45) is 11.8 Å². The number of nitrogens with zero attached hydrogens (tertiary/aromatic N) is 2. The minimum absolute atomic E-state index is 0.0369. The van der Waals surface area contributed by atoms with E-state index >= 15 is 0 Å². The number of anilines is 2. The molecule has 5 rings (SSSR count). The lowest BCUT2D eigenvalue weighted by Crippen LogP contribution is -2.41. The number of nitrogens with one attached hydrogen (secondary N) is 1. The molecule has 1 atom stereocenters. The number of carbonyl (C=O) groups excluding carboxylic acids is 2. The smallest absolute Gasteiger partial charge is 0.243 e. The zero-order valence-corrected chi connectivity index (χ0v) is 20.6. The van der Waals surface area contributed by atoms with Crippen molar-refractivity contribution in [2.75, 3.05) is 23.3 Å². The Hall–Kier alpha value is -2.42. The monoisotopic (exact) mass is 501 g/mol. The molecule has 0 unspecified atom stereocenters. The molecule has 1 saturated heterocycles. The maximum atomic E-state index is 13.3. The summed E-state index contributed by atoms with van der Waals surface area (Å²) in [4.78, 5) is 27.4. The fourth-order valence-corrected chi connectivity index (χ4v) is 6.66. The molecule has 2 heterocycles. The van der Waals surface area contributed by atoms with Crippen molar-refractivity contribution in [3.8, 4) is 0 Å². The molecule has 2 aliphatic heterocycles. The van der Waals surface area contributed by atoms with Crippen LogP contribution in [0, 0.1) is 11.8 Å². The molecule has 2 fully saturated rings. The van der Waals surface area contributed by atoms with Gasteiger partial charge in [-0.3, -0.25) is 9.59 Å². The van der Waals surface area contributed by atoms with Crippen LogP contribution in [0.15, 0.2) is 47.4 Å². The van der Waals surface area contributed by atoms with Gasteiger partial charge in [-0.2, -0.15) is 4.31 Å². The summed E-state index contributed by atoms with van der Waals surface area (Å²) in [5.41, 5.74) is 2.37. The highest BCUT2D eigenvalue weighted by molar-refractivity contribution is 7.89. The lowest BCUT2D eigenvalue weighted by molar-refractivity contribution is -0.121. The third-order valence-corrected chi connectivity index (χ3v) is 9.12. The first kappa shape index (κ1) is 23.3. The molecule has 0 spiro atoms. The third-order valence-electron chi connectivity index (χ3n) is 6.99. The van der Waals surface area contributed by atoms with Crippen molar-refractivity contribution in [3.05, 3.63) is 53.1 Å². The molecule has 0 bridgehead atoms. The standard InChI is InChI=1S/C25H28ClN3O4S/c1-16-13-19-14-22(7-8-23(19)29(16)25(31)18-5-6-18)34(32,33)28-11-9-17(10-12-28)24(30)27-21-4-2-3-20(26)15-21/h2-4,7-8,14-18H,5-6,9-13H2,1H3,(H,27,30)/t16-/m1/s1. The highest BCUT2D eigenvalue weighted by atomic mass is 35.5. The Morgan fingerprint density at radius 1 is 1.00 bits per heavy atom. The Kier molecular flexibility index (Phi) is 6.16. The first-order valence-corrected chi connectivity index (χ1v) is 13.6. The van der Waals surface area contributed by atoms with Crippen LogP contribution in [-0.2, 0) is 26.0 Å². The van der Waals surface area contributed by atoms with Crippen LogP contribution in [0.3, 0.4) is 0 Å². The van der Waals surface area contributed by atoms with E-state index in [1.165, 1.54) is 4.31 Å². The summed E-state index contributed by atoms with van der Waals surface area (Å²) in [5, 5.41) is 3.42. The number of halogens is 1. The van der Waals surface area contributed by atoms with E-state index in [2.05, 4.69) is 5.32 Å². The number of piperidine rings is 1. The van der Waals surface area contributed by atoms with E-state index in [9.17, 15) is 18.0 Å². The summed E-state index contributed by atoms with van der Waals surface area (Å²) < 4.78 is 28.1. The van der Waals surface area contributed by atoms with E-state index in [0.717, 1.165) is 24.1 Å². The number of benzene rings is 2. The SMILES string of the molecule is C[C@@H]1Cc2cc(S(=O)(=O)N3CCC(C(=O)Nc4cccc(Cl)c4)CC3)ccc2N1C(=O)C1CC1. The van der Waals surface area contributed by atoms with Gasteiger partial charge in [-0.1, -0.05) is 17.7 Å². The molecule has 2 amide bonds. The molecule has 2 aromatic rings. The van der Waals surface area contributed by atoms with Gasteiger partial charge in [0.2, 0.25) is 21.8 Å². The second-order valence-corrected chi connectivity index (χ2v) is 11.9. The third kappa shape index (κ3) is 4.46. The number of sulfonamides is 1. The van der Waals surface area contributed by atoms with Gasteiger partial charge in [0.25, 0.3) is 0 Å². The maximum absolute atomic E-state index is 13.3. The quantitative estimate of drug-likeness (QED) is 0.669. The Labute approximate surface area is 205 Å². The molecule has 7 nitrogen and oxygen atoms in total. The first-order chi connectivity index (χ1) is 16.2. The largest absolute Gasteiger partial charge is 0.326 e. The molecule has 0 radical (unpaired) electrons. The Morgan fingerprint density at radius 3 is 2.41 bits per heavy atom.